The molecule has 286 valence electrons. The third kappa shape index (κ3) is 33.6. The van der Waals surface area contributed by atoms with Crippen LogP contribution < -0.4 is 5.32 Å². The summed E-state index contributed by atoms with van der Waals surface area (Å²) in [5, 5.41) is 33.5. The van der Waals surface area contributed by atoms with Gasteiger partial charge >= 0.3 is 0 Å². The second-order valence-electron chi connectivity index (χ2n) is 14.9. The van der Waals surface area contributed by atoms with E-state index in [1.807, 2.05) is 0 Å². The van der Waals surface area contributed by atoms with E-state index < -0.39 is 18.2 Å². The van der Waals surface area contributed by atoms with Crippen LogP contribution in [-0.4, -0.2) is 46.1 Å². The lowest BCUT2D eigenvalue weighted by molar-refractivity contribution is -0.124. The molecule has 0 spiro atoms. The fourth-order valence-corrected chi connectivity index (χ4v) is 6.75. The molecule has 0 aromatic rings. The number of allylic oxidation sites excluding steroid dienone is 2. The molecule has 5 heteroatoms. The molecule has 0 saturated heterocycles. The number of carbonyl (C=O) groups excluding carboxylic acids is 1. The van der Waals surface area contributed by atoms with Crippen molar-refractivity contribution in [2.75, 3.05) is 6.61 Å². The molecule has 0 heterocycles. The Morgan fingerprint density at radius 2 is 0.833 bits per heavy atom. The van der Waals surface area contributed by atoms with Crippen molar-refractivity contribution in [2.45, 2.75) is 250 Å². The molecule has 4 N–H and O–H groups in total. The first-order valence-corrected chi connectivity index (χ1v) is 21.5. The van der Waals surface area contributed by atoms with E-state index in [1.54, 1.807) is 0 Å². The summed E-state index contributed by atoms with van der Waals surface area (Å²) in [5.74, 6) is -0.151. The van der Waals surface area contributed by atoms with Gasteiger partial charge in [-0.05, 0) is 38.5 Å². The van der Waals surface area contributed by atoms with Crippen molar-refractivity contribution in [1.82, 2.24) is 5.32 Å². The molecule has 0 aliphatic heterocycles. The maximum Gasteiger partial charge on any atom is 0.220 e. The van der Waals surface area contributed by atoms with Crippen molar-refractivity contribution in [3.8, 4) is 0 Å². The Hall–Kier alpha value is -0.910. The van der Waals surface area contributed by atoms with Crippen molar-refractivity contribution in [1.29, 1.82) is 0 Å². The maximum absolute atomic E-state index is 12.4. The second kappa shape index (κ2) is 38.9. The molecular formula is C43H85NO4. The zero-order valence-electron chi connectivity index (χ0n) is 32.4. The molecule has 0 saturated carbocycles. The van der Waals surface area contributed by atoms with Gasteiger partial charge in [-0.25, -0.2) is 0 Å². The van der Waals surface area contributed by atoms with Crippen LogP contribution in [0.15, 0.2) is 12.2 Å². The fourth-order valence-electron chi connectivity index (χ4n) is 6.75. The highest BCUT2D eigenvalue weighted by atomic mass is 16.3. The molecule has 5 nitrogen and oxygen atoms in total. The lowest BCUT2D eigenvalue weighted by atomic mass is 9.99. The van der Waals surface area contributed by atoms with E-state index >= 15 is 0 Å². The summed E-state index contributed by atoms with van der Waals surface area (Å²) in [6, 6.07) is -0.809. The Balaban J connectivity index is 3.64. The Morgan fingerprint density at radius 3 is 1.21 bits per heavy atom. The zero-order chi connectivity index (χ0) is 35.2. The molecule has 0 aliphatic carbocycles. The number of aliphatic hydroxyl groups is 3. The van der Waals surface area contributed by atoms with E-state index in [1.165, 1.54) is 161 Å². The van der Waals surface area contributed by atoms with Crippen molar-refractivity contribution < 1.29 is 20.1 Å². The monoisotopic (exact) mass is 680 g/mol. The quantitative estimate of drug-likeness (QED) is 0.0384. The van der Waals surface area contributed by atoms with E-state index in [-0.39, 0.29) is 12.5 Å². The van der Waals surface area contributed by atoms with Gasteiger partial charge in [-0.3, -0.25) is 4.79 Å². The van der Waals surface area contributed by atoms with Gasteiger partial charge in [-0.2, -0.15) is 0 Å². The third-order valence-electron chi connectivity index (χ3n) is 10.1. The molecule has 0 bridgehead atoms. The Kier molecular flexibility index (Phi) is 38.1. The van der Waals surface area contributed by atoms with Crippen LogP contribution in [0.5, 0.6) is 0 Å². The van der Waals surface area contributed by atoms with Gasteiger partial charge in [0.05, 0.1) is 18.8 Å². The highest BCUT2D eigenvalue weighted by Crippen LogP contribution is 2.16. The first-order chi connectivity index (χ1) is 23.6. The fraction of sp³-hybridized carbons (Fsp3) is 0.930. The van der Waals surface area contributed by atoms with Crippen LogP contribution in [0.2, 0.25) is 0 Å². The van der Waals surface area contributed by atoms with E-state index in [0.29, 0.717) is 12.8 Å². The van der Waals surface area contributed by atoms with Gasteiger partial charge in [0, 0.05) is 6.42 Å². The minimum atomic E-state index is -1.14. The number of carbonyl (C=O) groups is 1. The molecule has 48 heavy (non-hydrogen) atoms. The molecule has 0 radical (unpaired) electrons. The summed E-state index contributed by atoms with van der Waals surface area (Å²) in [6.45, 7) is 4.18. The van der Waals surface area contributed by atoms with Crippen molar-refractivity contribution in [3.63, 3.8) is 0 Å². The minimum Gasteiger partial charge on any atom is -0.394 e. The molecule has 0 fully saturated rings. The van der Waals surface area contributed by atoms with Crippen LogP contribution >= 0.6 is 0 Å². The summed E-state index contributed by atoms with van der Waals surface area (Å²) in [5.41, 5.74) is 0. The summed E-state index contributed by atoms with van der Waals surface area (Å²) in [4.78, 5) is 12.4. The Labute approximate surface area is 299 Å². The predicted molar refractivity (Wildman–Crippen MR) is 208 cm³/mol. The third-order valence-corrected chi connectivity index (χ3v) is 10.1. The second-order valence-corrected chi connectivity index (χ2v) is 14.9. The summed E-state index contributed by atoms with van der Waals surface area (Å²) >= 11 is 0. The van der Waals surface area contributed by atoms with Crippen molar-refractivity contribution >= 4 is 5.91 Å². The molecule has 0 aromatic heterocycles. The topological polar surface area (TPSA) is 89.8 Å². The predicted octanol–water partition coefficient (Wildman–Crippen LogP) is 12.0. The number of rotatable bonds is 39. The maximum atomic E-state index is 12.4. The van der Waals surface area contributed by atoms with Gasteiger partial charge in [0.25, 0.3) is 0 Å². The first kappa shape index (κ1) is 47.1. The van der Waals surface area contributed by atoms with Crippen molar-refractivity contribution in [2.24, 2.45) is 0 Å². The molecular weight excluding hydrogens is 594 g/mol. The first-order valence-electron chi connectivity index (χ1n) is 21.5. The normalized spacial score (nSPS) is 13.7. The largest absolute Gasteiger partial charge is 0.394 e. The minimum absolute atomic E-state index is 0.151. The van der Waals surface area contributed by atoms with Gasteiger partial charge in [0.1, 0.15) is 6.10 Å². The smallest absolute Gasteiger partial charge is 0.220 e. The average Bonchev–Trinajstić information content (AvgIpc) is 3.09. The number of nitrogens with one attached hydrogen (secondary N) is 1. The molecule has 1 amide bonds. The lowest BCUT2D eigenvalue weighted by Crippen LogP contribution is -2.50. The summed E-state index contributed by atoms with van der Waals surface area (Å²) in [7, 11) is 0. The van der Waals surface area contributed by atoms with Crippen LogP contribution in [0.3, 0.4) is 0 Å². The van der Waals surface area contributed by atoms with Gasteiger partial charge in [0.15, 0.2) is 0 Å². The van der Waals surface area contributed by atoms with E-state index in [4.69, 9.17) is 0 Å². The SMILES string of the molecule is CCCCCCCCCCC/C=C\CCCCCCCC(=O)NC(CO)C(O)C(O)CCCCCCCCCCCCCCCCCC. The Morgan fingerprint density at radius 1 is 0.500 bits per heavy atom. The molecule has 0 rings (SSSR count). The molecule has 3 unspecified atom stereocenters. The highest BCUT2D eigenvalue weighted by molar-refractivity contribution is 5.76. The van der Waals surface area contributed by atoms with Gasteiger partial charge in [0.2, 0.25) is 5.91 Å². The van der Waals surface area contributed by atoms with Gasteiger partial charge in [-0.1, -0.05) is 199 Å². The van der Waals surface area contributed by atoms with Crippen LogP contribution in [0.1, 0.15) is 232 Å². The average molecular weight is 680 g/mol. The van der Waals surface area contributed by atoms with Crippen molar-refractivity contribution in [3.05, 3.63) is 12.2 Å². The molecule has 0 aliphatic rings. The van der Waals surface area contributed by atoms with Crippen LogP contribution in [0.4, 0.5) is 0 Å². The number of hydrogen-bond donors (Lipinski definition) is 4. The summed E-state index contributed by atoms with van der Waals surface area (Å²) < 4.78 is 0. The lowest BCUT2D eigenvalue weighted by Gasteiger charge is -2.26. The number of unbranched alkanes of at least 4 members (excludes halogenated alkanes) is 29. The highest BCUT2D eigenvalue weighted by Gasteiger charge is 2.26. The van der Waals surface area contributed by atoms with Crippen LogP contribution in [0.25, 0.3) is 0 Å². The number of hydrogen-bond acceptors (Lipinski definition) is 4. The van der Waals surface area contributed by atoms with E-state index in [9.17, 15) is 20.1 Å². The van der Waals surface area contributed by atoms with Crippen LogP contribution in [0, 0.1) is 0 Å². The Bertz CT molecular complexity index is 669. The van der Waals surface area contributed by atoms with Gasteiger partial charge < -0.3 is 20.6 Å². The van der Waals surface area contributed by atoms with Crippen LogP contribution in [-0.2, 0) is 4.79 Å². The molecule has 3 atom stereocenters. The van der Waals surface area contributed by atoms with Gasteiger partial charge in [-0.15, -0.1) is 0 Å². The van der Waals surface area contributed by atoms with E-state index in [2.05, 4.69) is 31.3 Å². The summed E-state index contributed by atoms with van der Waals surface area (Å²) in [6.07, 6.45) is 44.5. The van der Waals surface area contributed by atoms with E-state index in [0.717, 1.165) is 44.9 Å². The molecule has 0 aromatic carbocycles. The number of aliphatic hydroxyl groups excluding tert-OH is 3. The standard InChI is InChI=1S/C43H85NO4/c1-3-5-7-9-11-13-15-17-19-21-22-24-26-28-30-32-34-36-38-42(47)44-40(39-45)43(48)41(46)37-35-33-31-29-27-25-23-20-18-16-14-12-10-8-6-4-2/h22,24,40-41,43,45-46,48H,3-21,23,25-39H2,1-2H3,(H,44,47)/b24-22-. The zero-order valence-corrected chi connectivity index (χ0v) is 32.4. The number of amides is 1.